The van der Waals surface area contributed by atoms with Crippen LogP contribution < -0.4 is 16.0 Å². The molecule has 0 aromatic heterocycles. The maximum absolute atomic E-state index is 13.1. The third-order valence-corrected chi connectivity index (χ3v) is 5.86. The van der Waals surface area contributed by atoms with E-state index < -0.39 is 6.04 Å². The number of fused-ring (bicyclic) bond motifs is 1. The summed E-state index contributed by atoms with van der Waals surface area (Å²) >= 11 is 0. The number of hydrogen-bond donors (Lipinski definition) is 3. The van der Waals surface area contributed by atoms with Crippen molar-refractivity contribution in [3.8, 4) is 0 Å². The number of ether oxygens (including phenoxy) is 1. The molecule has 28 heavy (non-hydrogen) atoms. The van der Waals surface area contributed by atoms with Gasteiger partial charge in [-0.2, -0.15) is 0 Å². The molecule has 0 saturated carbocycles. The molecule has 0 spiro atoms. The Balaban J connectivity index is 1.46. The van der Waals surface area contributed by atoms with Crippen molar-refractivity contribution in [3.05, 3.63) is 34.9 Å². The van der Waals surface area contributed by atoms with Crippen LogP contribution in [0.25, 0.3) is 0 Å². The molecular formula is C20H26N4O4. The Bertz CT molecular complexity index is 796. The summed E-state index contributed by atoms with van der Waals surface area (Å²) in [5, 5.41) is 9.22. The molecule has 1 unspecified atom stereocenters. The lowest BCUT2D eigenvalue weighted by atomic mass is 10.0. The van der Waals surface area contributed by atoms with E-state index in [9.17, 15) is 14.4 Å². The summed E-state index contributed by atoms with van der Waals surface area (Å²) in [4.78, 5) is 38.3. The van der Waals surface area contributed by atoms with Gasteiger partial charge < -0.3 is 20.3 Å². The highest BCUT2D eigenvalue weighted by molar-refractivity contribution is 6.05. The largest absolute Gasteiger partial charge is 0.380 e. The maximum Gasteiger partial charge on any atom is 0.255 e. The summed E-state index contributed by atoms with van der Waals surface area (Å²) in [7, 11) is 1.72. The number of rotatable bonds is 5. The highest BCUT2D eigenvalue weighted by atomic mass is 16.5. The second-order valence-corrected chi connectivity index (χ2v) is 7.68. The summed E-state index contributed by atoms with van der Waals surface area (Å²) in [6.07, 6.45) is 1.76. The molecule has 1 aromatic rings. The van der Waals surface area contributed by atoms with Crippen molar-refractivity contribution in [1.82, 2.24) is 20.9 Å². The van der Waals surface area contributed by atoms with E-state index in [1.807, 2.05) is 18.2 Å². The van der Waals surface area contributed by atoms with Gasteiger partial charge in [0.25, 0.3) is 5.91 Å². The Kier molecular flexibility index (Phi) is 5.43. The van der Waals surface area contributed by atoms with Crippen LogP contribution in [0.1, 0.15) is 40.7 Å². The zero-order valence-electron chi connectivity index (χ0n) is 16.0. The number of carbonyl (C=O) groups excluding carboxylic acids is 3. The van der Waals surface area contributed by atoms with Crippen LogP contribution in [0.15, 0.2) is 18.2 Å². The molecule has 3 N–H and O–H groups in total. The lowest BCUT2D eigenvalue weighted by molar-refractivity contribution is -0.136. The molecule has 3 atom stereocenters. The summed E-state index contributed by atoms with van der Waals surface area (Å²) in [5.74, 6) is -0.778. The van der Waals surface area contributed by atoms with Gasteiger partial charge in [0.1, 0.15) is 6.04 Å². The first-order valence-electron chi connectivity index (χ1n) is 9.79. The van der Waals surface area contributed by atoms with E-state index in [0.29, 0.717) is 25.1 Å². The highest BCUT2D eigenvalue weighted by Gasteiger charge is 2.40. The first kappa shape index (κ1) is 19.0. The van der Waals surface area contributed by atoms with Crippen molar-refractivity contribution in [2.45, 2.75) is 50.5 Å². The maximum atomic E-state index is 13.1. The average molecular weight is 386 g/mol. The van der Waals surface area contributed by atoms with Crippen LogP contribution in [0.3, 0.4) is 0 Å². The number of piperidine rings is 2. The van der Waals surface area contributed by atoms with Crippen molar-refractivity contribution in [2.24, 2.45) is 0 Å². The number of benzene rings is 1. The van der Waals surface area contributed by atoms with Gasteiger partial charge in [0.2, 0.25) is 11.8 Å². The predicted molar refractivity (Wildman–Crippen MR) is 101 cm³/mol. The zero-order chi connectivity index (χ0) is 19.7. The second kappa shape index (κ2) is 7.98. The normalized spacial score (nSPS) is 27.7. The summed E-state index contributed by atoms with van der Waals surface area (Å²) in [6, 6.07) is 5.54. The molecule has 150 valence electrons. The smallest absolute Gasteiger partial charge is 0.255 e. The molecule has 0 aliphatic carbocycles. The molecule has 3 amide bonds. The van der Waals surface area contributed by atoms with Gasteiger partial charge in [0, 0.05) is 51.3 Å². The number of amides is 3. The topological polar surface area (TPSA) is 99.8 Å². The van der Waals surface area contributed by atoms with E-state index in [0.717, 1.165) is 30.6 Å². The fraction of sp³-hybridized carbons (Fsp3) is 0.550. The number of methoxy groups -OCH3 is 1. The standard InChI is InChI=1S/C20H26N4O4/c1-28-15-7-14(9-21-10-15)22-8-12-3-2-4-13-11-24(20(27)18(12)13)16-5-6-17(25)23-19(16)26/h2-4,14-16,21-22H,5-11H2,1H3,(H,23,25,26)/t14-,15+,16?/m1/s1. The van der Waals surface area contributed by atoms with E-state index in [-0.39, 0.29) is 36.3 Å². The Morgan fingerprint density at radius 3 is 2.89 bits per heavy atom. The zero-order valence-corrected chi connectivity index (χ0v) is 16.0. The lowest BCUT2D eigenvalue weighted by Gasteiger charge is -2.30. The van der Waals surface area contributed by atoms with Crippen molar-refractivity contribution < 1.29 is 19.1 Å². The molecule has 8 heteroatoms. The predicted octanol–water partition coefficient (Wildman–Crippen LogP) is -0.0859. The number of nitrogens with zero attached hydrogens (tertiary/aromatic N) is 1. The molecule has 2 saturated heterocycles. The number of nitrogens with one attached hydrogen (secondary N) is 3. The van der Waals surface area contributed by atoms with Gasteiger partial charge in [0.05, 0.1) is 6.10 Å². The van der Waals surface area contributed by atoms with Gasteiger partial charge in [-0.1, -0.05) is 18.2 Å². The molecule has 3 aliphatic heterocycles. The van der Waals surface area contributed by atoms with Gasteiger partial charge in [-0.05, 0) is 24.0 Å². The van der Waals surface area contributed by atoms with Crippen molar-refractivity contribution in [3.63, 3.8) is 0 Å². The van der Waals surface area contributed by atoms with Crippen molar-refractivity contribution in [2.75, 3.05) is 20.2 Å². The van der Waals surface area contributed by atoms with Gasteiger partial charge >= 0.3 is 0 Å². The highest BCUT2D eigenvalue weighted by Crippen LogP contribution is 2.29. The number of carbonyl (C=O) groups is 3. The molecule has 3 aliphatic rings. The van der Waals surface area contributed by atoms with Crippen LogP contribution >= 0.6 is 0 Å². The van der Waals surface area contributed by atoms with Crippen LogP contribution in [0.5, 0.6) is 0 Å². The van der Waals surface area contributed by atoms with Gasteiger partial charge in [0.15, 0.2) is 0 Å². The quantitative estimate of drug-likeness (QED) is 0.612. The lowest BCUT2D eigenvalue weighted by Crippen LogP contribution is -2.52. The fourth-order valence-electron chi connectivity index (χ4n) is 4.33. The van der Waals surface area contributed by atoms with Crippen LogP contribution in [0.2, 0.25) is 0 Å². The van der Waals surface area contributed by atoms with Crippen LogP contribution in [-0.2, 0) is 27.4 Å². The van der Waals surface area contributed by atoms with Crippen LogP contribution in [0, 0.1) is 0 Å². The molecular weight excluding hydrogens is 360 g/mol. The SMILES string of the molecule is CO[C@@H]1CNC[C@H](NCc2cccc3c2C(=O)N(C2CCC(=O)NC2=O)C3)C1. The van der Waals surface area contributed by atoms with Crippen LogP contribution in [0.4, 0.5) is 0 Å². The van der Waals surface area contributed by atoms with E-state index in [1.54, 1.807) is 12.0 Å². The third-order valence-electron chi connectivity index (χ3n) is 5.86. The minimum absolute atomic E-state index is 0.126. The molecule has 0 bridgehead atoms. The molecule has 0 radical (unpaired) electrons. The van der Waals surface area contributed by atoms with Gasteiger partial charge in [-0.25, -0.2) is 0 Å². The Morgan fingerprint density at radius 2 is 2.11 bits per heavy atom. The molecule has 2 fully saturated rings. The van der Waals surface area contributed by atoms with E-state index >= 15 is 0 Å². The monoisotopic (exact) mass is 386 g/mol. The summed E-state index contributed by atoms with van der Waals surface area (Å²) < 4.78 is 5.44. The molecule has 1 aromatic carbocycles. The third kappa shape index (κ3) is 3.67. The minimum atomic E-state index is -0.580. The average Bonchev–Trinajstić information content (AvgIpc) is 3.03. The number of imide groups is 1. The van der Waals surface area contributed by atoms with E-state index in [4.69, 9.17) is 4.74 Å². The molecule has 8 nitrogen and oxygen atoms in total. The second-order valence-electron chi connectivity index (χ2n) is 7.68. The first-order valence-corrected chi connectivity index (χ1v) is 9.79. The van der Waals surface area contributed by atoms with Gasteiger partial charge in [-0.15, -0.1) is 0 Å². The first-order chi connectivity index (χ1) is 13.6. The van der Waals surface area contributed by atoms with E-state index in [2.05, 4.69) is 16.0 Å². The summed E-state index contributed by atoms with van der Waals surface area (Å²) in [6.45, 7) is 2.71. The molecule has 3 heterocycles. The van der Waals surface area contributed by atoms with Gasteiger partial charge in [-0.3, -0.25) is 19.7 Å². The Morgan fingerprint density at radius 1 is 1.25 bits per heavy atom. The minimum Gasteiger partial charge on any atom is -0.380 e. The van der Waals surface area contributed by atoms with Crippen molar-refractivity contribution >= 4 is 17.7 Å². The molecule has 4 rings (SSSR count). The van der Waals surface area contributed by atoms with Crippen molar-refractivity contribution in [1.29, 1.82) is 0 Å². The van der Waals surface area contributed by atoms with E-state index in [1.165, 1.54) is 0 Å². The Hall–Kier alpha value is -2.29. The summed E-state index contributed by atoms with van der Waals surface area (Å²) in [5.41, 5.74) is 2.56. The van der Waals surface area contributed by atoms with Crippen LogP contribution in [-0.4, -0.2) is 61.0 Å². The Labute approximate surface area is 164 Å². The fourth-order valence-corrected chi connectivity index (χ4v) is 4.33. The number of hydrogen-bond acceptors (Lipinski definition) is 6.